The number of hydrogen-bond acceptors (Lipinski definition) is 2. The molecule has 0 spiro atoms. The zero-order chi connectivity index (χ0) is 28.5. The average molecular weight is 553 g/mol. The van der Waals surface area contributed by atoms with Crippen molar-refractivity contribution in [3.63, 3.8) is 0 Å². The van der Waals surface area contributed by atoms with Crippen LogP contribution in [-0.2, 0) is 5.41 Å². The zero-order valence-electron chi connectivity index (χ0n) is 24.8. The Kier molecular flexibility index (Phi) is 4.53. The minimum Gasteiger partial charge on any atom is -0.335 e. The van der Waals surface area contributed by atoms with Crippen LogP contribution in [0.1, 0.15) is 45.1 Å². The van der Waals surface area contributed by atoms with Crippen LogP contribution in [0.5, 0.6) is 0 Å². The minimum absolute atomic E-state index is 0.0487. The third kappa shape index (κ3) is 2.73. The van der Waals surface area contributed by atoms with Crippen molar-refractivity contribution in [2.45, 2.75) is 50.5 Å². The third-order valence-corrected chi connectivity index (χ3v) is 11.8. The molecular formula is C40H33BN2. The standard InChI is InChI=1S/C40H33BN2/c1-39-24-10-11-25-40(39,2)43-34-23-13-22-33-36(34)41(32-21-12-20-31(39)38(32)43)35-29-18-8-6-16-27(29)28-17-7-9-19-30(28)37(35)42(33)26-14-4-3-5-15-26/h3-9,12-23H,10-11,24-25H2,1-2H3. The molecule has 2 nitrogen and oxygen atoms in total. The van der Waals surface area contributed by atoms with Gasteiger partial charge in [0.15, 0.2) is 0 Å². The summed E-state index contributed by atoms with van der Waals surface area (Å²) in [4.78, 5) is 5.39. The Hall–Kier alpha value is -4.50. The summed E-state index contributed by atoms with van der Waals surface area (Å²) in [5, 5.41) is 5.34. The van der Waals surface area contributed by atoms with Gasteiger partial charge in [0.05, 0.1) is 5.54 Å². The van der Waals surface area contributed by atoms with Crippen molar-refractivity contribution in [3.05, 3.63) is 121 Å². The summed E-state index contributed by atoms with van der Waals surface area (Å²) >= 11 is 0. The number of hydrogen-bond donors (Lipinski definition) is 0. The van der Waals surface area contributed by atoms with Crippen molar-refractivity contribution in [2.24, 2.45) is 0 Å². The van der Waals surface area contributed by atoms with E-state index in [0.717, 1.165) is 0 Å². The average Bonchev–Trinajstić information content (AvgIpc) is 3.27. The van der Waals surface area contributed by atoms with Gasteiger partial charge in [-0.25, -0.2) is 0 Å². The zero-order valence-corrected chi connectivity index (χ0v) is 24.8. The number of fused-ring (bicyclic) bond motifs is 12. The second-order valence-corrected chi connectivity index (χ2v) is 13.6. The fourth-order valence-corrected chi connectivity index (χ4v) is 9.73. The first-order valence-electron chi connectivity index (χ1n) is 16.0. The van der Waals surface area contributed by atoms with Gasteiger partial charge < -0.3 is 9.80 Å². The highest BCUT2D eigenvalue weighted by atomic mass is 15.3. The Balaban J connectivity index is 1.42. The predicted octanol–water partition coefficient (Wildman–Crippen LogP) is 8.35. The van der Waals surface area contributed by atoms with E-state index in [1.165, 1.54) is 92.1 Å². The summed E-state index contributed by atoms with van der Waals surface area (Å²) in [6.07, 6.45) is 5.07. The molecule has 1 saturated carbocycles. The molecule has 6 aromatic carbocycles. The van der Waals surface area contributed by atoms with Crippen LogP contribution in [0.4, 0.5) is 28.4 Å². The SMILES string of the molecule is CC12CCCCC1(C)N1c3cccc4c3B(c3cccc2c31)c1c(c2ccccc2c2ccccc12)N4c1ccccc1. The van der Waals surface area contributed by atoms with Crippen molar-refractivity contribution in [2.75, 3.05) is 9.80 Å². The molecule has 206 valence electrons. The number of anilines is 5. The molecule has 0 amide bonds. The van der Waals surface area contributed by atoms with Crippen molar-refractivity contribution in [3.8, 4) is 0 Å². The lowest BCUT2D eigenvalue weighted by Gasteiger charge is -2.52. The molecule has 1 aliphatic carbocycles. The quantitative estimate of drug-likeness (QED) is 0.149. The van der Waals surface area contributed by atoms with E-state index in [4.69, 9.17) is 0 Å². The first kappa shape index (κ1) is 24.0. The lowest BCUT2D eigenvalue weighted by atomic mass is 9.32. The monoisotopic (exact) mass is 552 g/mol. The number of benzene rings is 6. The molecule has 3 heteroatoms. The molecule has 2 unspecified atom stereocenters. The van der Waals surface area contributed by atoms with E-state index in [0.29, 0.717) is 0 Å². The molecule has 1 fully saturated rings. The van der Waals surface area contributed by atoms with Crippen LogP contribution >= 0.6 is 0 Å². The second-order valence-electron chi connectivity index (χ2n) is 13.6. The molecule has 43 heavy (non-hydrogen) atoms. The van der Waals surface area contributed by atoms with Crippen molar-refractivity contribution in [1.29, 1.82) is 0 Å². The Bertz CT molecular complexity index is 2150. The molecule has 3 aliphatic heterocycles. The van der Waals surface area contributed by atoms with Gasteiger partial charge in [-0.05, 0) is 82.1 Å². The van der Waals surface area contributed by atoms with Gasteiger partial charge in [0, 0.05) is 39.2 Å². The van der Waals surface area contributed by atoms with Crippen molar-refractivity contribution < 1.29 is 0 Å². The van der Waals surface area contributed by atoms with Crippen LogP contribution in [-0.4, -0.2) is 12.3 Å². The van der Waals surface area contributed by atoms with Gasteiger partial charge in [-0.2, -0.15) is 0 Å². The third-order valence-electron chi connectivity index (χ3n) is 11.8. The van der Waals surface area contributed by atoms with Crippen LogP contribution in [0.2, 0.25) is 0 Å². The summed E-state index contributed by atoms with van der Waals surface area (Å²) in [6.45, 7) is 5.28. The predicted molar refractivity (Wildman–Crippen MR) is 184 cm³/mol. The van der Waals surface area contributed by atoms with E-state index < -0.39 is 0 Å². The summed E-state index contributed by atoms with van der Waals surface area (Å²) in [6, 6.07) is 43.6. The maximum atomic E-state index is 2.81. The van der Waals surface area contributed by atoms with Gasteiger partial charge in [0.1, 0.15) is 0 Å². The summed E-state index contributed by atoms with van der Waals surface area (Å²) in [5.74, 6) is 0. The number of rotatable bonds is 1. The fraction of sp³-hybridized carbons (Fsp3) is 0.200. The second kappa shape index (κ2) is 8.11. The first-order chi connectivity index (χ1) is 21.1. The highest BCUT2D eigenvalue weighted by Gasteiger charge is 2.61. The highest BCUT2D eigenvalue weighted by molar-refractivity contribution is 7.02. The number of para-hydroxylation sites is 2. The van der Waals surface area contributed by atoms with Crippen LogP contribution in [0.25, 0.3) is 21.5 Å². The Labute approximate surface area is 253 Å². The normalized spacial score (nSPS) is 22.8. The van der Waals surface area contributed by atoms with Crippen molar-refractivity contribution >= 4 is 73.1 Å². The van der Waals surface area contributed by atoms with Crippen LogP contribution < -0.4 is 26.2 Å². The van der Waals surface area contributed by atoms with Crippen LogP contribution in [0.3, 0.4) is 0 Å². The molecule has 2 atom stereocenters. The molecule has 3 heterocycles. The summed E-state index contributed by atoms with van der Waals surface area (Å²) in [7, 11) is 0. The maximum Gasteiger partial charge on any atom is 0.252 e. The van der Waals surface area contributed by atoms with Crippen LogP contribution in [0.15, 0.2) is 115 Å². The van der Waals surface area contributed by atoms with E-state index in [1.807, 2.05) is 0 Å². The van der Waals surface area contributed by atoms with Crippen molar-refractivity contribution in [1.82, 2.24) is 0 Å². The summed E-state index contributed by atoms with van der Waals surface area (Å²) < 4.78 is 0. The van der Waals surface area contributed by atoms with Gasteiger partial charge in [-0.15, -0.1) is 0 Å². The highest BCUT2D eigenvalue weighted by Crippen LogP contribution is 2.61. The van der Waals surface area contributed by atoms with Crippen LogP contribution in [0, 0.1) is 0 Å². The molecule has 6 aromatic rings. The molecule has 0 radical (unpaired) electrons. The smallest absolute Gasteiger partial charge is 0.252 e. The Morgan fingerprint density at radius 3 is 2.02 bits per heavy atom. The van der Waals surface area contributed by atoms with E-state index in [2.05, 4.69) is 139 Å². The van der Waals surface area contributed by atoms with Gasteiger partial charge in [0.2, 0.25) is 0 Å². The summed E-state index contributed by atoms with van der Waals surface area (Å²) in [5.41, 5.74) is 12.8. The molecule has 0 aromatic heterocycles. The molecule has 4 aliphatic rings. The van der Waals surface area contributed by atoms with E-state index >= 15 is 0 Å². The van der Waals surface area contributed by atoms with Gasteiger partial charge in [-0.1, -0.05) is 111 Å². The minimum atomic E-state index is 0.0487. The lowest BCUT2D eigenvalue weighted by Crippen LogP contribution is -2.64. The van der Waals surface area contributed by atoms with Gasteiger partial charge in [-0.3, -0.25) is 0 Å². The van der Waals surface area contributed by atoms with E-state index in [-0.39, 0.29) is 17.7 Å². The number of nitrogens with zero attached hydrogens (tertiary/aromatic N) is 2. The molecule has 10 rings (SSSR count). The molecular weight excluding hydrogens is 519 g/mol. The molecule has 0 bridgehead atoms. The molecule has 0 N–H and O–H groups in total. The Morgan fingerprint density at radius 2 is 1.21 bits per heavy atom. The Morgan fingerprint density at radius 1 is 0.558 bits per heavy atom. The lowest BCUT2D eigenvalue weighted by molar-refractivity contribution is 0.195. The fourth-order valence-electron chi connectivity index (χ4n) is 9.73. The van der Waals surface area contributed by atoms with Gasteiger partial charge in [0.25, 0.3) is 6.71 Å². The van der Waals surface area contributed by atoms with E-state index in [9.17, 15) is 0 Å². The topological polar surface area (TPSA) is 6.48 Å². The van der Waals surface area contributed by atoms with E-state index in [1.54, 1.807) is 5.56 Å². The first-order valence-corrected chi connectivity index (χ1v) is 16.0. The molecule has 0 saturated heterocycles. The largest absolute Gasteiger partial charge is 0.335 e. The maximum absolute atomic E-state index is 2.81. The van der Waals surface area contributed by atoms with Gasteiger partial charge >= 0.3 is 0 Å².